The number of ether oxygens (including phenoxy) is 7. The van der Waals surface area contributed by atoms with Crippen molar-refractivity contribution in [3.8, 4) is 0 Å². The van der Waals surface area contributed by atoms with Gasteiger partial charge in [0.2, 0.25) is 12.0 Å². The van der Waals surface area contributed by atoms with E-state index in [9.17, 15) is 39.3 Å². The third-order valence-electron chi connectivity index (χ3n) is 16.6. The van der Waals surface area contributed by atoms with Crippen LogP contribution in [0.4, 0.5) is 0 Å². The van der Waals surface area contributed by atoms with Crippen LogP contribution in [0.15, 0.2) is 71.8 Å². The Bertz CT molecular complexity index is 2320. The molecule has 0 radical (unpaired) electrons. The van der Waals surface area contributed by atoms with Crippen LogP contribution in [0.1, 0.15) is 116 Å². The molecule has 17 nitrogen and oxygen atoms in total. The van der Waals surface area contributed by atoms with Gasteiger partial charge in [0.05, 0.1) is 35.7 Å². The molecule has 1 aliphatic heterocycles. The number of esters is 4. The molecule has 396 valence electrons. The second kappa shape index (κ2) is 22.6. The van der Waals surface area contributed by atoms with Gasteiger partial charge in [0.15, 0.2) is 11.4 Å². The number of carbonyl (C=O) groups is 6. The lowest BCUT2D eigenvalue weighted by molar-refractivity contribution is -0.347. The van der Waals surface area contributed by atoms with E-state index in [-0.39, 0.29) is 37.0 Å². The van der Waals surface area contributed by atoms with E-state index in [1.165, 1.54) is 33.3 Å². The number of benzene rings is 2. The molecule has 1 saturated heterocycles. The van der Waals surface area contributed by atoms with Crippen molar-refractivity contribution in [1.29, 1.82) is 0 Å². The molecule has 2 saturated carbocycles. The number of Topliss-reactive ketones (excluding diaryl/α,β-unsaturated/α-hetero) is 1. The van der Waals surface area contributed by atoms with Gasteiger partial charge in [-0.2, -0.15) is 0 Å². The topological polar surface area (TPSA) is 240 Å². The molecule has 2 bridgehead atoms. The summed E-state index contributed by atoms with van der Waals surface area (Å²) in [6, 6.07) is 16.8. The van der Waals surface area contributed by atoms with Crippen molar-refractivity contribution in [3.05, 3.63) is 82.9 Å². The first-order chi connectivity index (χ1) is 34.0. The highest BCUT2D eigenvalue weighted by atomic mass is 16.6. The van der Waals surface area contributed by atoms with E-state index in [1.807, 2.05) is 20.8 Å². The summed E-state index contributed by atoms with van der Waals surface area (Å²) >= 11 is 0. The number of carbonyl (C=O) groups excluding carboxylic acids is 6. The Balaban J connectivity index is 1.37. The standard InChI is InChI=1S/C55H75NO16/c1-11-13-24-52(7,12-2)46(61)36(30-57)26-41(59)56-29-42(60)69-37(25-34-20-16-14-17-21-34)50(64)70-38-28-55(65)48(71-49(63)35-22-18-15-19-23-35)45-53(8,47(62)44(67-10)43(32(38)3)51(55,5)6)39(66-9)27-40-54(45,31-68-40)72-33(4)58/h14-23,36-40,44-46,48,57,61,65H,11-13,24-31H2,1-10H3,(H,56,59)/t36?,37-,38+,39+,40-,44-,45+,46?,48+,52?,53-,54+,55-/m1/s1. The molecule has 0 aromatic heterocycles. The number of rotatable bonds is 21. The van der Waals surface area contributed by atoms with Crippen molar-refractivity contribution in [3.63, 3.8) is 0 Å². The Morgan fingerprint density at radius 1 is 0.958 bits per heavy atom. The lowest BCUT2D eigenvalue weighted by atomic mass is 9.44. The first kappa shape index (κ1) is 56.3. The van der Waals surface area contributed by atoms with Gasteiger partial charge >= 0.3 is 23.9 Å². The molecule has 3 unspecified atom stereocenters. The van der Waals surface area contributed by atoms with Gasteiger partial charge in [-0.3, -0.25) is 19.2 Å². The molecule has 0 spiro atoms. The maximum atomic E-state index is 15.7. The van der Waals surface area contributed by atoms with Crippen molar-refractivity contribution >= 4 is 35.6 Å². The Kier molecular flexibility index (Phi) is 17.7. The van der Waals surface area contributed by atoms with Crippen molar-refractivity contribution in [1.82, 2.24) is 5.32 Å². The Hall–Kier alpha value is -5.04. The van der Waals surface area contributed by atoms with Crippen LogP contribution >= 0.6 is 0 Å². The molecular weight excluding hydrogens is 931 g/mol. The molecule has 72 heavy (non-hydrogen) atoms. The van der Waals surface area contributed by atoms with Crippen LogP contribution in [-0.2, 0) is 63.6 Å². The summed E-state index contributed by atoms with van der Waals surface area (Å²) in [6.07, 6.45) is -6.46. The normalized spacial score (nSPS) is 30.5. The highest BCUT2D eigenvalue weighted by Gasteiger charge is 2.78. The smallest absolute Gasteiger partial charge is 0.348 e. The minimum absolute atomic E-state index is 0.105. The zero-order chi connectivity index (χ0) is 53.0. The number of aliphatic hydroxyl groups excluding tert-OH is 2. The first-order valence-corrected chi connectivity index (χ1v) is 25.1. The molecule has 3 aliphatic carbocycles. The van der Waals surface area contributed by atoms with Gasteiger partial charge in [-0.15, -0.1) is 0 Å². The van der Waals surface area contributed by atoms with Crippen LogP contribution in [0.3, 0.4) is 0 Å². The second-order valence-corrected chi connectivity index (χ2v) is 21.2. The molecule has 17 heteroatoms. The third-order valence-corrected chi connectivity index (χ3v) is 16.6. The molecule has 6 rings (SSSR count). The zero-order valence-corrected chi connectivity index (χ0v) is 43.4. The minimum atomic E-state index is -2.25. The SMILES string of the molecule is CCCCC(C)(CC)C(O)C(CO)CC(=O)NCC(=O)O[C@H](Cc1ccccc1)C(=O)O[C@H]1C[C@@]2(O)[C@@H](OC(=O)c3ccccc3)[C@@H]3[C@]4(OC(C)=O)CO[C@@H]4C[C@H](OC)[C@@]3(C)C(=O)[C@H](OC)C(=C1C)C2(C)C. The number of hydrogen-bond acceptors (Lipinski definition) is 16. The molecule has 4 N–H and O–H groups in total. The highest BCUT2D eigenvalue weighted by molar-refractivity contribution is 5.94. The summed E-state index contributed by atoms with van der Waals surface area (Å²) < 4.78 is 43.1. The second-order valence-electron chi connectivity index (χ2n) is 21.2. The predicted molar refractivity (Wildman–Crippen MR) is 261 cm³/mol. The fraction of sp³-hybridized carbons (Fsp3) is 0.636. The summed E-state index contributed by atoms with van der Waals surface area (Å²) in [5, 5.41) is 37.9. The third kappa shape index (κ3) is 10.5. The van der Waals surface area contributed by atoms with E-state index < -0.39 is 137 Å². The van der Waals surface area contributed by atoms with Gasteiger partial charge in [-0.05, 0) is 60.9 Å². The molecule has 2 aromatic carbocycles. The summed E-state index contributed by atoms with van der Waals surface area (Å²) in [6.45, 7) is 12.5. The average molecular weight is 1010 g/mol. The van der Waals surface area contributed by atoms with E-state index in [2.05, 4.69) is 5.32 Å². The number of amides is 1. The van der Waals surface area contributed by atoms with Crippen molar-refractivity contribution in [2.75, 3.05) is 34.0 Å². The number of ketones is 1. The summed E-state index contributed by atoms with van der Waals surface area (Å²) in [4.78, 5) is 84.9. The predicted octanol–water partition coefficient (Wildman–Crippen LogP) is 5.18. The van der Waals surface area contributed by atoms with Gasteiger partial charge in [0, 0.05) is 64.8 Å². The first-order valence-electron chi connectivity index (χ1n) is 25.1. The van der Waals surface area contributed by atoms with Crippen LogP contribution < -0.4 is 5.32 Å². The van der Waals surface area contributed by atoms with Gasteiger partial charge in [0.25, 0.3) is 0 Å². The Labute approximate surface area is 422 Å². The van der Waals surface area contributed by atoms with Crippen LogP contribution in [-0.4, -0.2) is 139 Å². The molecule has 3 fully saturated rings. The molecule has 1 amide bonds. The van der Waals surface area contributed by atoms with Crippen LogP contribution in [0.5, 0.6) is 0 Å². The maximum absolute atomic E-state index is 15.7. The van der Waals surface area contributed by atoms with Crippen molar-refractivity contribution in [2.45, 2.75) is 161 Å². The lowest BCUT2D eigenvalue weighted by Gasteiger charge is -2.67. The van der Waals surface area contributed by atoms with E-state index in [1.54, 1.807) is 76.2 Å². The van der Waals surface area contributed by atoms with Gasteiger partial charge < -0.3 is 53.8 Å². The number of unbranched alkanes of at least 4 members (excludes halogenated alkanes) is 1. The zero-order valence-electron chi connectivity index (χ0n) is 43.4. The number of fused-ring (bicyclic) bond motifs is 5. The molecule has 13 atom stereocenters. The van der Waals surface area contributed by atoms with E-state index in [0.29, 0.717) is 24.0 Å². The van der Waals surface area contributed by atoms with E-state index in [4.69, 9.17) is 33.2 Å². The summed E-state index contributed by atoms with van der Waals surface area (Å²) in [7, 11) is 2.78. The minimum Gasteiger partial charge on any atom is -0.455 e. The Morgan fingerprint density at radius 3 is 2.17 bits per heavy atom. The lowest BCUT2D eigenvalue weighted by Crippen LogP contribution is -2.82. The molecule has 2 aromatic rings. The van der Waals surface area contributed by atoms with E-state index >= 15 is 4.79 Å². The fourth-order valence-corrected chi connectivity index (χ4v) is 12.1. The molecule has 4 aliphatic rings. The van der Waals surface area contributed by atoms with Crippen molar-refractivity contribution in [2.24, 2.45) is 28.1 Å². The number of methoxy groups -OCH3 is 2. The summed E-state index contributed by atoms with van der Waals surface area (Å²) in [5.74, 6) is -6.84. The summed E-state index contributed by atoms with van der Waals surface area (Å²) in [5.41, 5.74) is -6.26. The Morgan fingerprint density at radius 2 is 1.61 bits per heavy atom. The number of hydrogen-bond donors (Lipinski definition) is 4. The van der Waals surface area contributed by atoms with Gasteiger partial charge in [0.1, 0.15) is 36.6 Å². The van der Waals surface area contributed by atoms with Gasteiger partial charge in [-0.25, -0.2) is 9.59 Å². The number of aliphatic hydroxyl groups is 3. The quantitative estimate of drug-likeness (QED) is 0.0716. The molecule has 1 heterocycles. The molecular formula is C55H75NO16. The van der Waals surface area contributed by atoms with Crippen LogP contribution in [0.25, 0.3) is 0 Å². The maximum Gasteiger partial charge on any atom is 0.348 e. The largest absolute Gasteiger partial charge is 0.455 e. The van der Waals surface area contributed by atoms with Crippen LogP contribution in [0.2, 0.25) is 0 Å². The van der Waals surface area contributed by atoms with Crippen molar-refractivity contribution < 1.29 is 77.2 Å². The number of nitrogens with one attached hydrogen (secondary N) is 1. The average Bonchev–Trinajstić information content (AvgIpc) is 3.35. The monoisotopic (exact) mass is 1010 g/mol. The fourth-order valence-electron chi connectivity index (χ4n) is 12.1. The van der Waals surface area contributed by atoms with E-state index in [0.717, 1.165) is 12.8 Å². The highest BCUT2D eigenvalue weighted by Crippen LogP contribution is 2.65. The van der Waals surface area contributed by atoms with Crippen LogP contribution in [0, 0.1) is 28.1 Å². The van der Waals surface area contributed by atoms with Gasteiger partial charge in [-0.1, -0.05) is 96.0 Å².